The van der Waals surface area contributed by atoms with Crippen molar-refractivity contribution >= 4 is 49.1 Å². The first-order valence-corrected chi connectivity index (χ1v) is 12.5. The molecule has 11 heteroatoms. The third-order valence-electron chi connectivity index (χ3n) is 4.83. The average Bonchev–Trinajstić information content (AvgIpc) is 2.78. The van der Waals surface area contributed by atoms with Gasteiger partial charge >= 0.3 is 6.18 Å². The van der Waals surface area contributed by atoms with E-state index in [1.165, 1.54) is 18.2 Å². The number of rotatable bonds is 8. The van der Waals surface area contributed by atoms with Gasteiger partial charge in [-0.05, 0) is 54.4 Å². The molecule has 0 fully saturated rings. The van der Waals surface area contributed by atoms with Crippen LogP contribution in [0, 0.1) is 0 Å². The molecule has 0 aliphatic heterocycles. The van der Waals surface area contributed by atoms with E-state index in [1.54, 1.807) is 24.3 Å². The van der Waals surface area contributed by atoms with E-state index in [0.29, 0.717) is 17.0 Å². The first-order valence-electron chi connectivity index (χ1n) is 9.93. The summed E-state index contributed by atoms with van der Waals surface area (Å²) in [5, 5.41) is 2.03. The van der Waals surface area contributed by atoms with Crippen molar-refractivity contribution in [2.75, 3.05) is 18.4 Å². The molecule has 3 rings (SSSR count). The van der Waals surface area contributed by atoms with Gasteiger partial charge in [-0.1, -0.05) is 57.9 Å². The van der Waals surface area contributed by atoms with E-state index >= 15 is 0 Å². The van der Waals surface area contributed by atoms with E-state index in [-0.39, 0.29) is 16.5 Å². The molecular weight excluding hydrogens is 557 g/mol. The Labute approximate surface area is 208 Å². The molecule has 180 valence electrons. The van der Waals surface area contributed by atoms with Gasteiger partial charge in [-0.15, -0.1) is 0 Å². The van der Waals surface area contributed by atoms with E-state index in [0.717, 1.165) is 15.9 Å². The van der Waals surface area contributed by atoms with Gasteiger partial charge in [0.25, 0.3) is 0 Å². The molecule has 0 radical (unpaired) electrons. The maximum absolute atomic E-state index is 13.4. The molecule has 34 heavy (non-hydrogen) atoms. The number of hydrogen-bond donors (Lipinski definition) is 1. The van der Waals surface area contributed by atoms with Crippen LogP contribution in [-0.4, -0.2) is 31.7 Å². The molecule has 3 aromatic carbocycles. The Balaban J connectivity index is 1.86. The molecule has 0 aromatic heterocycles. The Bertz CT molecular complexity index is 1250. The number of benzene rings is 3. The van der Waals surface area contributed by atoms with Crippen LogP contribution in [0.3, 0.4) is 0 Å². The Morgan fingerprint density at radius 3 is 2.26 bits per heavy atom. The van der Waals surface area contributed by atoms with Crippen molar-refractivity contribution in [3.8, 4) is 0 Å². The molecule has 0 saturated heterocycles. The Kier molecular flexibility index (Phi) is 8.40. The number of sulfonamides is 1. The van der Waals surface area contributed by atoms with Gasteiger partial charge in [0.2, 0.25) is 15.9 Å². The van der Waals surface area contributed by atoms with Crippen LogP contribution in [-0.2, 0) is 27.4 Å². The van der Waals surface area contributed by atoms with Crippen LogP contribution in [0.25, 0.3) is 0 Å². The summed E-state index contributed by atoms with van der Waals surface area (Å²) < 4.78 is 68.2. The highest BCUT2D eigenvalue weighted by molar-refractivity contribution is 9.10. The molecule has 1 amide bonds. The van der Waals surface area contributed by atoms with Gasteiger partial charge in [-0.3, -0.25) is 4.79 Å². The van der Waals surface area contributed by atoms with Crippen LogP contribution in [0.15, 0.2) is 82.2 Å². The van der Waals surface area contributed by atoms with Crippen molar-refractivity contribution in [1.82, 2.24) is 4.31 Å². The van der Waals surface area contributed by atoms with E-state index in [4.69, 9.17) is 11.6 Å². The summed E-state index contributed by atoms with van der Waals surface area (Å²) >= 11 is 8.92. The van der Waals surface area contributed by atoms with Crippen molar-refractivity contribution in [3.63, 3.8) is 0 Å². The Hall–Kier alpha value is -2.40. The number of carbonyl (C=O) groups excluding carboxylic acids is 1. The number of hydrogen-bond acceptors (Lipinski definition) is 3. The zero-order chi connectivity index (χ0) is 24.9. The molecule has 0 spiro atoms. The number of nitrogens with one attached hydrogen (secondary N) is 1. The molecular formula is C23H19BrClF3N2O3S. The number of amides is 1. The van der Waals surface area contributed by atoms with Gasteiger partial charge < -0.3 is 5.32 Å². The Morgan fingerprint density at radius 1 is 1.00 bits per heavy atom. The Morgan fingerprint density at radius 2 is 1.65 bits per heavy atom. The zero-order valence-corrected chi connectivity index (χ0v) is 20.7. The monoisotopic (exact) mass is 574 g/mol. The second kappa shape index (κ2) is 10.9. The summed E-state index contributed by atoms with van der Waals surface area (Å²) in [5.74, 6) is -0.915. The lowest BCUT2D eigenvalue weighted by atomic mass is 10.1. The van der Waals surface area contributed by atoms with Crippen LogP contribution < -0.4 is 5.32 Å². The van der Waals surface area contributed by atoms with E-state index in [1.807, 2.05) is 18.2 Å². The summed E-state index contributed by atoms with van der Waals surface area (Å²) in [7, 11) is -4.11. The van der Waals surface area contributed by atoms with Crippen LogP contribution in [0.2, 0.25) is 5.02 Å². The van der Waals surface area contributed by atoms with Gasteiger partial charge in [-0.25, -0.2) is 8.42 Å². The molecule has 5 nitrogen and oxygen atoms in total. The fourth-order valence-electron chi connectivity index (χ4n) is 3.15. The van der Waals surface area contributed by atoms with Crippen LogP contribution in [0.5, 0.6) is 0 Å². The lowest BCUT2D eigenvalue weighted by Crippen LogP contribution is -2.39. The summed E-state index contributed by atoms with van der Waals surface area (Å²) in [5.41, 5.74) is -0.790. The number of halogens is 5. The summed E-state index contributed by atoms with van der Waals surface area (Å²) in [6, 6.07) is 17.8. The normalized spacial score (nSPS) is 12.1. The smallest absolute Gasteiger partial charge is 0.324 e. The molecule has 3 aromatic rings. The zero-order valence-electron chi connectivity index (χ0n) is 17.5. The fourth-order valence-corrected chi connectivity index (χ4v) is 4.98. The number of carbonyl (C=O) groups is 1. The van der Waals surface area contributed by atoms with E-state index < -0.39 is 39.9 Å². The van der Waals surface area contributed by atoms with Crippen molar-refractivity contribution in [1.29, 1.82) is 0 Å². The van der Waals surface area contributed by atoms with Gasteiger partial charge in [0.1, 0.15) is 0 Å². The standard InChI is InChI=1S/C23H19BrClF3N2O3S/c24-17-6-9-19(10-7-17)34(32,33)30(13-12-16-4-2-1-3-5-16)15-22(31)29-21-11-8-18(25)14-20(21)23(26,27)28/h1-11,14H,12-13,15H2,(H,29,31). The molecule has 0 heterocycles. The fraction of sp³-hybridized carbons (Fsp3) is 0.174. The van der Waals surface area contributed by atoms with Crippen molar-refractivity contribution in [2.45, 2.75) is 17.5 Å². The topological polar surface area (TPSA) is 66.5 Å². The number of anilines is 1. The summed E-state index contributed by atoms with van der Waals surface area (Å²) in [6.07, 6.45) is -4.46. The first kappa shape index (κ1) is 26.2. The highest BCUT2D eigenvalue weighted by Gasteiger charge is 2.35. The summed E-state index contributed by atoms with van der Waals surface area (Å²) in [6.45, 7) is -0.728. The largest absolute Gasteiger partial charge is 0.418 e. The van der Waals surface area contributed by atoms with E-state index in [9.17, 15) is 26.4 Å². The third-order valence-corrected chi connectivity index (χ3v) is 7.45. The lowest BCUT2D eigenvalue weighted by molar-refractivity contribution is -0.137. The molecule has 0 aliphatic rings. The van der Waals surface area contributed by atoms with Gasteiger partial charge in [0, 0.05) is 16.0 Å². The third kappa shape index (κ3) is 6.82. The maximum atomic E-state index is 13.4. The quantitative estimate of drug-likeness (QED) is 0.359. The van der Waals surface area contributed by atoms with Gasteiger partial charge in [0.05, 0.1) is 22.7 Å². The summed E-state index contributed by atoms with van der Waals surface area (Å²) in [4.78, 5) is 12.7. The van der Waals surface area contributed by atoms with E-state index in [2.05, 4.69) is 21.2 Å². The van der Waals surface area contributed by atoms with Crippen LogP contribution in [0.4, 0.5) is 18.9 Å². The molecule has 1 N–H and O–H groups in total. The molecule has 0 atom stereocenters. The average molecular weight is 576 g/mol. The van der Waals surface area contributed by atoms with Gasteiger partial charge in [-0.2, -0.15) is 17.5 Å². The minimum absolute atomic E-state index is 0.0426. The highest BCUT2D eigenvalue weighted by atomic mass is 79.9. The lowest BCUT2D eigenvalue weighted by Gasteiger charge is -2.22. The molecule has 0 aliphatic carbocycles. The predicted octanol–water partition coefficient (Wildman–Crippen LogP) is 5.99. The predicted molar refractivity (Wildman–Crippen MR) is 128 cm³/mol. The minimum atomic E-state index is -4.76. The van der Waals surface area contributed by atoms with Crippen LogP contribution >= 0.6 is 27.5 Å². The minimum Gasteiger partial charge on any atom is -0.324 e. The molecule has 0 unspecified atom stereocenters. The number of nitrogens with zero attached hydrogens (tertiary/aromatic N) is 1. The first-order chi connectivity index (χ1) is 16.0. The SMILES string of the molecule is O=C(CN(CCc1ccccc1)S(=O)(=O)c1ccc(Br)cc1)Nc1ccc(Cl)cc1C(F)(F)F. The van der Waals surface area contributed by atoms with Gasteiger partial charge in [0.15, 0.2) is 0 Å². The highest BCUT2D eigenvalue weighted by Crippen LogP contribution is 2.36. The molecule has 0 saturated carbocycles. The molecule has 0 bridgehead atoms. The van der Waals surface area contributed by atoms with Crippen molar-refractivity contribution in [3.05, 3.63) is 93.4 Å². The second-order valence-electron chi connectivity index (χ2n) is 7.26. The maximum Gasteiger partial charge on any atom is 0.418 e. The second-order valence-corrected chi connectivity index (χ2v) is 10.6. The number of alkyl halides is 3. The van der Waals surface area contributed by atoms with Crippen LogP contribution in [0.1, 0.15) is 11.1 Å². The van der Waals surface area contributed by atoms with Crippen molar-refractivity contribution in [2.24, 2.45) is 0 Å². The van der Waals surface area contributed by atoms with Crippen molar-refractivity contribution < 1.29 is 26.4 Å².